The van der Waals surface area contributed by atoms with E-state index in [1.807, 2.05) is 12.1 Å². The SMILES string of the molecule is N#Cc1cc(Br)ccc1N1CCC2(CCNC2)C1. The molecule has 0 bridgehead atoms. The quantitative estimate of drug-likeness (QED) is 0.866. The standard InChI is InChI=1S/C14H16BrN3/c15-12-1-2-13(11(7-12)8-16)18-6-4-14(10-18)3-5-17-9-14/h1-2,7,17H,3-6,9-10H2. The maximum atomic E-state index is 9.25. The molecule has 1 spiro atoms. The molecule has 2 aliphatic rings. The van der Waals surface area contributed by atoms with Crippen LogP contribution in [0.3, 0.4) is 0 Å². The van der Waals surface area contributed by atoms with Crippen LogP contribution in [0.4, 0.5) is 5.69 Å². The van der Waals surface area contributed by atoms with Crippen molar-refractivity contribution < 1.29 is 0 Å². The molecule has 0 amide bonds. The molecule has 4 heteroatoms. The lowest BCUT2D eigenvalue weighted by molar-refractivity contribution is 0.369. The van der Waals surface area contributed by atoms with Crippen molar-refractivity contribution in [3.63, 3.8) is 0 Å². The zero-order valence-corrected chi connectivity index (χ0v) is 11.8. The van der Waals surface area contributed by atoms with Gasteiger partial charge >= 0.3 is 0 Å². The Labute approximate surface area is 116 Å². The summed E-state index contributed by atoms with van der Waals surface area (Å²) in [6, 6.07) is 8.30. The largest absolute Gasteiger partial charge is 0.370 e. The molecule has 0 radical (unpaired) electrons. The van der Waals surface area contributed by atoms with Gasteiger partial charge in [0.15, 0.2) is 0 Å². The third-order valence-corrected chi connectivity index (χ3v) is 4.68. The minimum atomic E-state index is 0.444. The first kappa shape index (κ1) is 12.0. The average molecular weight is 306 g/mol. The predicted molar refractivity (Wildman–Crippen MR) is 75.6 cm³/mol. The van der Waals surface area contributed by atoms with Crippen LogP contribution in [0.1, 0.15) is 18.4 Å². The molecule has 1 aromatic rings. The second-order valence-corrected chi connectivity index (χ2v) is 6.29. The van der Waals surface area contributed by atoms with Crippen LogP contribution in [0, 0.1) is 16.7 Å². The fraction of sp³-hybridized carbons (Fsp3) is 0.500. The van der Waals surface area contributed by atoms with Crippen molar-refractivity contribution >= 4 is 21.6 Å². The molecule has 94 valence electrons. The molecule has 0 aliphatic carbocycles. The van der Waals surface area contributed by atoms with Crippen LogP contribution in [0.2, 0.25) is 0 Å². The summed E-state index contributed by atoms with van der Waals surface area (Å²) in [5.41, 5.74) is 2.30. The Morgan fingerprint density at radius 1 is 1.39 bits per heavy atom. The summed E-state index contributed by atoms with van der Waals surface area (Å²) in [4.78, 5) is 2.37. The predicted octanol–water partition coefficient (Wildman–Crippen LogP) is 2.51. The smallest absolute Gasteiger partial charge is 0.101 e. The first-order valence-corrected chi connectivity index (χ1v) is 7.17. The Morgan fingerprint density at radius 3 is 3.00 bits per heavy atom. The first-order chi connectivity index (χ1) is 8.72. The molecule has 1 unspecified atom stereocenters. The lowest BCUT2D eigenvalue weighted by atomic mass is 9.86. The lowest BCUT2D eigenvalue weighted by Crippen LogP contribution is -2.29. The summed E-state index contributed by atoms with van der Waals surface area (Å²) in [6.07, 6.45) is 2.50. The number of nitriles is 1. The van der Waals surface area contributed by atoms with Crippen LogP contribution in [-0.4, -0.2) is 26.2 Å². The van der Waals surface area contributed by atoms with E-state index in [1.54, 1.807) is 0 Å². The molecule has 1 aromatic carbocycles. The van der Waals surface area contributed by atoms with E-state index in [1.165, 1.54) is 12.8 Å². The Bertz CT molecular complexity index is 500. The monoisotopic (exact) mass is 305 g/mol. The van der Waals surface area contributed by atoms with Gasteiger partial charge in [0.1, 0.15) is 6.07 Å². The van der Waals surface area contributed by atoms with Crippen LogP contribution in [0.15, 0.2) is 22.7 Å². The van der Waals surface area contributed by atoms with Crippen molar-refractivity contribution in [2.75, 3.05) is 31.1 Å². The van der Waals surface area contributed by atoms with Gasteiger partial charge < -0.3 is 10.2 Å². The zero-order chi connectivity index (χ0) is 12.6. The highest BCUT2D eigenvalue weighted by molar-refractivity contribution is 9.10. The minimum Gasteiger partial charge on any atom is -0.370 e. The van der Waals surface area contributed by atoms with Gasteiger partial charge in [0.05, 0.1) is 11.3 Å². The summed E-state index contributed by atoms with van der Waals surface area (Å²) < 4.78 is 0.972. The molecule has 0 aromatic heterocycles. The van der Waals surface area contributed by atoms with Crippen LogP contribution in [0.25, 0.3) is 0 Å². The third kappa shape index (κ3) is 2.02. The number of hydrogen-bond acceptors (Lipinski definition) is 3. The number of rotatable bonds is 1. The Kier molecular flexibility index (Phi) is 3.04. The van der Waals surface area contributed by atoms with Crippen molar-refractivity contribution in [1.29, 1.82) is 5.26 Å². The van der Waals surface area contributed by atoms with E-state index in [0.717, 1.165) is 41.9 Å². The molecule has 3 nitrogen and oxygen atoms in total. The van der Waals surface area contributed by atoms with Gasteiger partial charge in [-0.2, -0.15) is 5.26 Å². The molecule has 1 N–H and O–H groups in total. The van der Waals surface area contributed by atoms with E-state index in [9.17, 15) is 5.26 Å². The number of hydrogen-bond donors (Lipinski definition) is 1. The highest BCUT2D eigenvalue weighted by atomic mass is 79.9. The van der Waals surface area contributed by atoms with E-state index in [4.69, 9.17) is 0 Å². The van der Waals surface area contributed by atoms with E-state index in [2.05, 4.69) is 38.3 Å². The van der Waals surface area contributed by atoms with E-state index in [0.29, 0.717) is 5.41 Å². The topological polar surface area (TPSA) is 39.1 Å². The Morgan fingerprint density at radius 2 is 2.28 bits per heavy atom. The summed E-state index contributed by atoms with van der Waals surface area (Å²) in [5.74, 6) is 0. The number of halogens is 1. The molecule has 0 saturated carbocycles. The van der Waals surface area contributed by atoms with Crippen LogP contribution in [0.5, 0.6) is 0 Å². The Balaban J connectivity index is 1.86. The van der Waals surface area contributed by atoms with Gasteiger partial charge in [0.25, 0.3) is 0 Å². The van der Waals surface area contributed by atoms with E-state index < -0.39 is 0 Å². The Hall–Kier alpha value is -1.05. The molecule has 2 aliphatic heterocycles. The van der Waals surface area contributed by atoms with Gasteiger partial charge in [-0.15, -0.1) is 0 Å². The van der Waals surface area contributed by atoms with Gasteiger partial charge in [-0.05, 0) is 37.6 Å². The normalized spacial score (nSPS) is 26.8. The molecule has 2 fully saturated rings. The maximum Gasteiger partial charge on any atom is 0.101 e. The van der Waals surface area contributed by atoms with Crippen molar-refractivity contribution in [1.82, 2.24) is 5.32 Å². The number of nitrogens with one attached hydrogen (secondary N) is 1. The van der Waals surface area contributed by atoms with Crippen molar-refractivity contribution in [3.05, 3.63) is 28.2 Å². The third-order valence-electron chi connectivity index (χ3n) is 4.19. The molecular weight excluding hydrogens is 290 g/mol. The summed E-state index contributed by atoms with van der Waals surface area (Å²) in [6.45, 7) is 4.41. The first-order valence-electron chi connectivity index (χ1n) is 6.38. The van der Waals surface area contributed by atoms with Gasteiger partial charge in [-0.1, -0.05) is 15.9 Å². The molecule has 1 atom stereocenters. The molecular formula is C14H16BrN3. The van der Waals surface area contributed by atoms with Crippen molar-refractivity contribution in [2.45, 2.75) is 12.8 Å². The van der Waals surface area contributed by atoms with Gasteiger partial charge in [0.2, 0.25) is 0 Å². The molecule has 2 heterocycles. The fourth-order valence-electron chi connectivity index (χ4n) is 3.16. The van der Waals surface area contributed by atoms with Gasteiger partial charge in [-0.25, -0.2) is 0 Å². The highest BCUT2D eigenvalue weighted by Gasteiger charge is 2.40. The van der Waals surface area contributed by atoms with E-state index in [-0.39, 0.29) is 0 Å². The van der Waals surface area contributed by atoms with Gasteiger partial charge in [-0.3, -0.25) is 0 Å². The zero-order valence-electron chi connectivity index (χ0n) is 10.2. The summed E-state index contributed by atoms with van der Waals surface area (Å²) in [5, 5.41) is 12.7. The number of benzene rings is 1. The minimum absolute atomic E-state index is 0.444. The fourth-order valence-corrected chi connectivity index (χ4v) is 3.52. The second-order valence-electron chi connectivity index (χ2n) is 5.37. The van der Waals surface area contributed by atoms with E-state index >= 15 is 0 Å². The molecule has 3 rings (SSSR count). The number of nitrogens with zero attached hydrogens (tertiary/aromatic N) is 2. The second kappa shape index (κ2) is 4.56. The lowest BCUT2D eigenvalue weighted by Gasteiger charge is -2.24. The maximum absolute atomic E-state index is 9.25. The summed E-state index contributed by atoms with van der Waals surface area (Å²) in [7, 11) is 0. The average Bonchev–Trinajstić information content (AvgIpc) is 3.00. The van der Waals surface area contributed by atoms with Crippen molar-refractivity contribution in [3.8, 4) is 6.07 Å². The van der Waals surface area contributed by atoms with Crippen LogP contribution in [-0.2, 0) is 0 Å². The van der Waals surface area contributed by atoms with Crippen LogP contribution < -0.4 is 10.2 Å². The molecule has 18 heavy (non-hydrogen) atoms. The molecule has 2 saturated heterocycles. The van der Waals surface area contributed by atoms with Crippen LogP contribution >= 0.6 is 15.9 Å². The van der Waals surface area contributed by atoms with Gasteiger partial charge in [0, 0.05) is 29.5 Å². The number of anilines is 1. The highest BCUT2D eigenvalue weighted by Crippen LogP contribution is 2.39. The van der Waals surface area contributed by atoms with Crippen molar-refractivity contribution in [2.24, 2.45) is 5.41 Å². The summed E-state index contributed by atoms with van der Waals surface area (Å²) >= 11 is 3.43.